The average molecular weight is 569 g/mol. The minimum absolute atomic E-state index is 0.00218. The molecule has 2 rings (SSSR count). The van der Waals surface area contributed by atoms with Gasteiger partial charge in [0, 0.05) is 17.6 Å². The van der Waals surface area contributed by atoms with Gasteiger partial charge in [0.05, 0.1) is 27.0 Å². The first-order chi connectivity index (χ1) is 15.7. The van der Waals surface area contributed by atoms with Crippen LogP contribution in [0.4, 0.5) is 5.69 Å². The first kappa shape index (κ1) is 28.5. The SMILES string of the molecule is CC(C)NC(=O)[C@H](C)N(Cc1ccc(Cl)cc1)C(=O)CN(c1cc(Cl)c(Cl)cc1Cl)S(C)(=O)=O. The standard InChI is InChI=1S/C22H25Cl4N3O4S/c1-13(2)27-22(31)14(3)28(11-15-5-7-16(23)8-6-15)21(30)12-29(34(4,32)33)20-10-18(25)17(24)9-19(20)26/h5-10,13-14H,11-12H2,1-4H3,(H,27,31)/t14-/m0/s1. The van der Waals surface area contributed by atoms with Crippen molar-refractivity contribution in [2.24, 2.45) is 0 Å². The van der Waals surface area contributed by atoms with Crippen LogP contribution < -0.4 is 9.62 Å². The van der Waals surface area contributed by atoms with E-state index in [9.17, 15) is 18.0 Å². The van der Waals surface area contributed by atoms with E-state index < -0.39 is 28.5 Å². The van der Waals surface area contributed by atoms with Crippen molar-refractivity contribution in [3.63, 3.8) is 0 Å². The molecule has 0 radical (unpaired) electrons. The molecular formula is C22H25Cl4N3O4S. The van der Waals surface area contributed by atoms with E-state index in [1.54, 1.807) is 45.0 Å². The highest BCUT2D eigenvalue weighted by atomic mass is 35.5. The summed E-state index contributed by atoms with van der Waals surface area (Å²) >= 11 is 24.2. The molecule has 2 aromatic rings. The number of nitrogens with zero attached hydrogens (tertiary/aromatic N) is 2. The second-order valence-electron chi connectivity index (χ2n) is 7.97. The highest BCUT2D eigenvalue weighted by molar-refractivity contribution is 7.92. The Labute approximate surface area is 220 Å². The van der Waals surface area contributed by atoms with E-state index in [1.807, 2.05) is 0 Å². The maximum absolute atomic E-state index is 13.5. The molecule has 0 aliphatic heterocycles. The molecule has 2 amide bonds. The average Bonchev–Trinajstić information content (AvgIpc) is 2.72. The molecule has 1 atom stereocenters. The van der Waals surface area contributed by atoms with Crippen molar-refractivity contribution in [2.45, 2.75) is 39.4 Å². The normalized spacial score (nSPS) is 12.4. The first-order valence-corrected chi connectivity index (χ1v) is 13.5. The van der Waals surface area contributed by atoms with E-state index >= 15 is 0 Å². The van der Waals surface area contributed by atoms with Crippen molar-refractivity contribution < 1.29 is 18.0 Å². The number of sulfonamides is 1. The summed E-state index contributed by atoms with van der Waals surface area (Å²) in [7, 11) is -3.96. The van der Waals surface area contributed by atoms with Gasteiger partial charge in [-0.05, 0) is 50.6 Å². The third-order valence-corrected chi connectivity index (χ3v) is 7.21. The zero-order chi connectivity index (χ0) is 25.8. The molecule has 7 nitrogen and oxygen atoms in total. The number of halogens is 4. The van der Waals surface area contributed by atoms with E-state index in [-0.39, 0.29) is 39.2 Å². The number of carbonyl (C=O) groups is 2. The molecule has 2 aromatic carbocycles. The second kappa shape index (κ2) is 11.8. The molecule has 0 fully saturated rings. The van der Waals surface area contributed by atoms with Crippen molar-refractivity contribution in [1.82, 2.24) is 10.2 Å². The number of hydrogen-bond donors (Lipinski definition) is 1. The highest BCUT2D eigenvalue weighted by Crippen LogP contribution is 2.35. The summed E-state index contributed by atoms with van der Waals surface area (Å²) in [6, 6.07) is 8.31. The van der Waals surface area contributed by atoms with E-state index in [2.05, 4.69) is 5.32 Å². The first-order valence-electron chi connectivity index (χ1n) is 10.2. The molecule has 34 heavy (non-hydrogen) atoms. The molecule has 0 heterocycles. The Bertz CT molecular complexity index is 1160. The lowest BCUT2D eigenvalue weighted by Crippen LogP contribution is -2.52. The topological polar surface area (TPSA) is 86.8 Å². The van der Waals surface area contributed by atoms with E-state index in [0.29, 0.717) is 10.6 Å². The van der Waals surface area contributed by atoms with Gasteiger partial charge in [0.2, 0.25) is 21.8 Å². The zero-order valence-corrected chi connectivity index (χ0v) is 22.8. The number of nitrogens with one attached hydrogen (secondary N) is 1. The molecule has 0 spiro atoms. The third-order valence-electron chi connectivity index (χ3n) is 4.80. The Morgan fingerprint density at radius 1 is 0.941 bits per heavy atom. The molecule has 186 valence electrons. The monoisotopic (exact) mass is 567 g/mol. The fourth-order valence-corrected chi connectivity index (χ4v) is 4.74. The van der Waals surface area contributed by atoms with Gasteiger partial charge in [-0.25, -0.2) is 8.42 Å². The second-order valence-corrected chi connectivity index (χ2v) is 11.5. The summed E-state index contributed by atoms with van der Waals surface area (Å²) in [4.78, 5) is 27.5. The fraction of sp³-hybridized carbons (Fsp3) is 0.364. The Morgan fingerprint density at radius 3 is 2.03 bits per heavy atom. The van der Waals surface area contributed by atoms with Crippen molar-refractivity contribution in [1.29, 1.82) is 0 Å². The summed E-state index contributed by atoms with van der Waals surface area (Å²) in [5.41, 5.74) is 0.707. The Hall–Kier alpha value is -1.71. The Morgan fingerprint density at radius 2 is 1.50 bits per heavy atom. The van der Waals surface area contributed by atoms with Crippen LogP contribution in [0.15, 0.2) is 36.4 Å². The van der Waals surface area contributed by atoms with E-state index in [1.165, 1.54) is 17.0 Å². The van der Waals surface area contributed by atoms with Crippen LogP contribution in [-0.4, -0.2) is 50.0 Å². The fourth-order valence-electron chi connectivity index (χ4n) is 3.07. The van der Waals surface area contributed by atoms with Gasteiger partial charge >= 0.3 is 0 Å². The quantitative estimate of drug-likeness (QED) is 0.431. The summed E-state index contributed by atoms with van der Waals surface area (Å²) in [6.07, 6.45) is 0.942. The molecule has 0 aromatic heterocycles. The van der Waals surface area contributed by atoms with Crippen LogP contribution in [0.3, 0.4) is 0 Å². The lowest BCUT2D eigenvalue weighted by Gasteiger charge is -2.32. The van der Waals surface area contributed by atoms with Gasteiger partial charge in [0.25, 0.3) is 0 Å². The van der Waals surface area contributed by atoms with Crippen LogP contribution in [0.1, 0.15) is 26.3 Å². The number of benzene rings is 2. The smallest absolute Gasteiger partial charge is 0.244 e. The lowest BCUT2D eigenvalue weighted by molar-refractivity contribution is -0.139. The molecule has 0 unspecified atom stereocenters. The summed E-state index contributed by atoms with van der Waals surface area (Å²) in [5.74, 6) is -0.996. The third kappa shape index (κ3) is 7.65. The van der Waals surface area contributed by atoms with Crippen LogP contribution in [-0.2, 0) is 26.2 Å². The number of amides is 2. The van der Waals surface area contributed by atoms with Gasteiger partial charge in [-0.3, -0.25) is 13.9 Å². The molecule has 0 saturated heterocycles. The van der Waals surface area contributed by atoms with Gasteiger partial charge in [-0.1, -0.05) is 58.5 Å². The maximum atomic E-state index is 13.5. The summed E-state index contributed by atoms with van der Waals surface area (Å²) in [6.45, 7) is 4.61. The zero-order valence-electron chi connectivity index (χ0n) is 19.0. The van der Waals surface area contributed by atoms with Crippen LogP contribution in [0, 0.1) is 0 Å². The summed E-state index contributed by atoms with van der Waals surface area (Å²) < 4.78 is 26.1. The van der Waals surface area contributed by atoms with Crippen LogP contribution in [0.2, 0.25) is 20.1 Å². The Balaban J connectivity index is 2.45. The van der Waals surface area contributed by atoms with Gasteiger partial charge in [0.15, 0.2) is 0 Å². The van der Waals surface area contributed by atoms with E-state index in [0.717, 1.165) is 10.6 Å². The lowest BCUT2D eigenvalue weighted by atomic mass is 10.1. The van der Waals surface area contributed by atoms with E-state index in [4.69, 9.17) is 46.4 Å². The maximum Gasteiger partial charge on any atom is 0.244 e. The Kier molecular flexibility index (Phi) is 9.91. The number of anilines is 1. The molecular weight excluding hydrogens is 544 g/mol. The molecule has 0 saturated carbocycles. The van der Waals surface area contributed by atoms with Crippen molar-refractivity contribution in [2.75, 3.05) is 17.1 Å². The van der Waals surface area contributed by atoms with Crippen LogP contribution in [0.5, 0.6) is 0 Å². The minimum Gasteiger partial charge on any atom is -0.352 e. The molecule has 0 aliphatic rings. The minimum atomic E-state index is -3.96. The van der Waals surface area contributed by atoms with Crippen LogP contribution >= 0.6 is 46.4 Å². The largest absolute Gasteiger partial charge is 0.352 e. The van der Waals surface area contributed by atoms with Crippen molar-refractivity contribution >= 4 is 73.9 Å². The van der Waals surface area contributed by atoms with Gasteiger partial charge in [-0.2, -0.15) is 0 Å². The van der Waals surface area contributed by atoms with Crippen molar-refractivity contribution in [3.05, 3.63) is 62.1 Å². The molecule has 1 N–H and O–H groups in total. The van der Waals surface area contributed by atoms with Gasteiger partial charge in [-0.15, -0.1) is 0 Å². The van der Waals surface area contributed by atoms with Gasteiger partial charge in [0.1, 0.15) is 12.6 Å². The number of rotatable bonds is 9. The van der Waals surface area contributed by atoms with Crippen LogP contribution in [0.25, 0.3) is 0 Å². The molecule has 0 bridgehead atoms. The molecule has 0 aliphatic carbocycles. The van der Waals surface area contributed by atoms with Crippen molar-refractivity contribution in [3.8, 4) is 0 Å². The highest BCUT2D eigenvalue weighted by Gasteiger charge is 2.31. The summed E-state index contributed by atoms with van der Waals surface area (Å²) in [5, 5.41) is 3.50. The predicted molar refractivity (Wildman–Crippen MR) is 138 cm³/mol. The number of carbonyl (C=O) groups excluding carboxylic acids is 2. The molecule has 12 heteroatoms. The number of hydrogen-bond acceptors (Lipinski definition) is 4. The predicted octanol–water partition coefficient (Wildman–Crippen LogP) is 5.01. The van der Waals surface area contributed by atoms with Gasteiger partial charge < -0.3 is 10.2 Å².